The highest BCUT2D eigenvalue weighted by molar-refractivity contribution is 9.10. The van der Waals surface area contributed by atoms with Crippen molar-refractivity contribution in [1.29, 1.82) is 0 Å². The number of nitrogens with zero attached hydrogens (tertiary/aromatic N) is 3. The highest BCUT2D eigenvalue weighted by Gasteiger charge is 2.15. The van der Waals surface area contributed by atoms with Gasteiger partial charge in [0.15, 0.2) is 5.65 Å². The molecule has 0 aliphatic heterocycles. The summed E-state index contributed by atoms with van der Waals surface area (Å²) in [4.78, 5) is 4.73. The van der Waals surface area contributed by atoms with Crippen molar-refractivity contribution in [1.82, 2.24) is 19.3 Å². The van der Waals surface area contributed by atoms with Crippen molar-refractivity contribution >= 4 is 60.4 Å². The van der Waals surface area contributed by atoms with Crippen molar-refractivity contribution in [3.8, 4) is 11.3 Å². The smallest absolute Gasteiger partial charge is 0.250 e. The maximum absolute atomic E-state index is 12.4. The van der Waals surface area contributed by atoms with Crippen LogP contribution in [0.25, 0.3) is 16.9 Å². The van der Waals surface area contributed by atoms with E-state index in [0.29, 0.717) is 21.4 Å². The molecule has 0 unspecified atom stereocenters. The number of anilines is 1. The lowest BCUT2D eigenvalue weighted by atomic mass is 10.1. The second-order valence-electron chi connectivity index (χ2n) is 7.66. The first kappa shape index (κ1) is 24.0. The Bertz CT molecular complexity index is 1600. The summed E-state index contributed by atoms with van der Waals surface area (Å²) < 4.78 is 30.3. The Balaban J connectivity index is 1.36. The van der Waals surface area contributed by atoms with Gasteiger partial charge in [0.2, 0.25) is 10.0 Å². The van der Waals surface area contributed by atoms with Gasteiger partial charge in [0.05, 0.1) is 16.4 Å². The molecule has 0 bridgehead atoms. The van der Waals surface area contributed by atoms with Gasteiger partial charge in [-0.3, -0.25) is 0 Å². The number of nitrogens with one attached hydrogen (secondary N) is 2. The third-order valence-corrected chi connectivity index (χ3v) is 8.96. The van der Waals surface area contributed by atoms with Gasteiger partial charge in [-0.25, -0.2) is 18.1 Å². The molecule has 5 rings (SSSR count). The Hall–Kier alpha value is -2.76. The summed E-state index contributed by atoms with van der Waals surface area (Å²) in [5.41, 5.74) is 4.08. The maximum atomic E-state index is 12.4. The van der Waals surface area contributed by atoms with E-state index in [1.54, 1.807) is 28.2 Å². The van der Waals surface area contributed by atoms with E-state index in [1.807, 2.05) is 54.6 Å². The van der Waals surface area contributed by atoms with Crippen molar-refractivity contribution in [2.24, 2.45) is 0 Å². The molecule has 5 aromatic rings. The van der Waals surface area contributed by atoms with Crippen molar-refractivity contribution in [2.45, 2.75) is 17.3 Å². The molecule has 0 fully saturated rings. The molecule has 0 atom stereocenters. The SMILES string of the molecule is O=S(=O)(NCc1cccc(CNc2cc(-c3ccccc3Cl)nc3c(Br)cnn23)c1)c1cccs1. The van der Waals surface area contributed by atoms with Crippen LogP contribution in [0.2, 0.25) is 5.02 Å². The number of thiophene rings is 1. The normalized spacial score (nSPS) is 11.7. The topological polar surface area (TPSA) is 88.4 Å². The van der Waals surface area contributed by atoms with Gasteiger partial charge in [0, 0.05) is 29.7 Å². The number of sulfonamides is 1. The Morgan fingerprint density at radius 1 is 1.00 bits per heavy atom. The van der Waals surface area contributed by atoms with Gasteiger partial charge in [-0.05, 0) is 44.6 Å². The minimum absolute atomic E-state index is 0.205. The van der Waals surface area contributed by atoms with Gasteiger partial charge in [0.1, 0.15) is 10.0 Å². The molecule has 7 nitrogen and oxygen atoms in total. The third kappa shape index (κ3) is 5.26. The Kier molecular flexibility index (Phi) is 6.90. The van der Waals surface area contributed by atoms with E-state index in [4.69, 9.17) is 16.6 Å². The minimum atomic E-state index is -3.52. The quantitative estimate of drug-likeness (QED) is 0.233. The molecule has 0 spiro atoms. The molecule has 0 saturated heterocycles. The third-order valence-electron chi connectivity index (χ3n) is 5.27. The Morgan fingerprint density at radius 2 is 1.80 bits per heavy atom. The summed E-state index contributed by atoms with van der Waals surface area (Å²) in [6.45, 7) is 0.709. The first-order chi connectivity index (χ1) is 16.9. The summed E-state index contributed by atoms with van der Waals surface area (Å²) in [5.74, 6) is 0.749. The molecule has 0 radical (unpaired) electrons. The van der Waals surface area contributed by atoms with Gasteiger partial charge >= 0.3 is 0 Å². The average Bonchev–Trinajstić information content (AvgIpc) is 3.53. The van der Waals surface area contributed by atoms with Gasteiger partial charge in [0.25, 0.3) is 0 Å². The summed E-state index contributed by atoms with van der Waals surface area (Å²) >= 11 is 11.1. The highest BCUT2D eigenvalue weighted by Crippen LogP contribution is 2.30. The van der Waals surface area contributed by atoms with Crippen LogP contribution in [0.1, 0.15) is 11.1 Å². The Labute approximate surface area is 220 Å². The van der Waals surface area contributed by atoms with Crippen LogP contribution in [0.5, 0.6) is 0 Å². The molecule has 0 amide bonds. The lowest BCUT2D eigenvalue weighted by Crippen LogP contribution is -2.22. The number of hydrogen-bond acceptors (Lipinski definition) is 6. The predicted molar refractivity (Wildman–Crippen MR) is 143 cm³/mol. The number of rotatable bonds is 8. The lowest BCUT2D eigenvalue weighted by molar-refractivity contribution is 0.583. The fourth-order valence-electron chi connectivity index (χ4n) is 3.58. The molecule has 3 aromatic heterocycles. The minimum Gasteiger partial charge on any atom is -0.366 e. The molecule has 178 valence electrons. The molecule has 2 aromatic carbocycles. The van der Waals surface area contributed by atoms with Crippen molar-refractivity contribution in [2.75, 3.05) is 5.32 Å². The zero-order valence-corrected chi connectivity index (χ0v) is 22.1. The molecule has 0 aliphatic rings. The molecule has 2 N–H and O–H groups in total. The molecular formula is C24H19BrClN5O2S2. The van der Waals surface area contributed by atoms with Crippen LogP contribution < -0.4 is 10.0 Å². The number of benzene rings is 2. The van der Waals surface area contributed by atoms with Crippen LogP contribution in [0, 0.1) is 0 Å². The zero-order valence-electron chi connectivity index (χ0n) is 18.2. The van der Waals surface area contributed by atoms with Gasteiger partial charge in [-0.15, -0.1) is 11.3 Å². The molecule has 0 saturated carbocycles. The fourth-order valence-corrected chi connectivity index (χ4v) is 6.21. The summed E-state index contributed by atoms with van der Waals surface area (Å²) in [5, 5.41) is 10.2. The standard InChI is InChI=1S/C24H19BrClN5O2S2/c25-19-15-28-31-22(12-21(30-24(19)31)18-7-1-2-8-20(18)26)27-13-16-5-3-6-17(11-16)14-29-35(32,33)23-9-4-10-34-23/h1-12,15,27,29H,13-14H2. The highest BCUT2D eigenvalue weighted by atomic mass is 79.9. The van der Waals surface area contributed by atoms with Crippen molar-refractivity contribution in [3.05, 3.63) is 98.9 Å². The van der Waals surface area contributed by atoms with E-state index in [9.17, 15) is 8.42 Å². The first-order valence-corrected chi connectivity index (χ1v) is 14.1. The first-order valence-electron chi connectivity index (χ1n) is 10.5. The van der Waals surface area contributed by atoms with E-state index in [-0.39, 0.29) is 6.54 Å². The second-order valence-corrected chi connectivity index (χ2v) is 11.9. The van der Waals surface area contributed by atoms with Crippen molar-refractivity contribution < 1.29 is 8.42 Å². The van der Waals surface area contributed by atoms with Crippen LogP contribution in [0.15, 0.2) is 87.0 Å². The number of aromatic nitrogens is 3. The molecular weight excluding hydrogens is 570 g/mol. The van der Waals surface area contributed by atoms with Gasteiger partial charge in [-0.1, -0.05) is 60.1 Å². The van der Waals surface area contributed by atoms with E-state index in [0.717, 1.165) is 32.7 Å². The van der Waals surface area contributed by atoms with E-state index in [2.05, 4.69) is 31.1 Å². The van der Waals surface area contributed by atoms with Gasteiger partial charge in [-0.2, -0.15) is 9.61 Å². The van der Waals surface area contributed by atoms with E-state index < -0.39 is 10.0 Å². The fraction of sp³-hybridized carbons (Fsp3) is 0.0833. The largest absolute Gasteiger partial charge is 0.366 e. The molecule has 0 aliphatic carbocycles. The van der Waals surface area contributed by atoms with E-state index in [1.165, 1.54) is 11.3 Å². The Morgan fingerprint density at radius 3 is 2.57 bits per heavy atom. The van der Waals surface area contributed by atoms with Crippen LogP contribution in [-0.2, 0) is 23.1 Å². The van der Waals surface area contributed by atoms with Crippen LogP contribution in [-0.4, -0.2) is 23.0 Å². The average molecular weight is 589 g/mol. The van der Waals surface area contributed by atoms with Crippen molar-refractivity contribution in [3.63, 3.8) is 0 Å². The van der Waals surface area contributed by atoms with E-state index >= 15 is 0 Å². The second kappa shape index (κ2) is 10.1. The molecule has 35 heavy (non-hydrogen) atoms. The summed E-state index contributed by atoms with van der Waals surface area (Å²) in [6, 6.07) is 20.5. The zero-order chi connectivity index (χ0) is 24.4. The van der Waals surface area contributed by atoms with Gasteiger partial charge < -0.3 is 5.32 Å². The number of fused-ring (bicyclic) bond motifs is 1. The van der Waals surface area contributed by atoms with Crippen LogP contribution >= 0.6 is 38.9 Å². The number of hydrogen-bond donors (Lipinski definition) is 2. The molecule has 3 heterocycles. The molecule has 11 heteroatoms. The monoisotopic (exact) mass is 587 g/mol. The van der Waals surface area contributed by atoms with Crippen LogP contribution in [0.3, 0.4) is 0 Å². The lowest BCUT2D eigenvalue weighted by Gasteiger charge is -2.12. The predicted octanol–water partition coefficient (Wildman–Crippen LogP) is 5.96. The maximum Gasteiger partial charge on any atom is 0.250 e. The summed E-state index contributed by atoms with van der Waals surface area (Å²) in [6.07, 6.45) is 1.70. The van der Waals surface area contributed by atoms with Crippen LogP contribution in [0.4, 0.5) is 5.82 Å². The number of halogens is 2. The summed E-state index contributed by atoms with van der Waals surface area (Å²) in [7, 11) is -3.52.